The normalized spacial score (nSPS) is 16.5. The topological polar surface area (TPSA) is 71.3 Å². The van der Waals surface area contributed by atoms with Crippen LogP contribution in [0.15, 0.2) is 24.5 Å². The molecule has 2 aromatic rings. The molecule has 29 heavy (non-hydrogen) atoms. The molecule has 1 amide bonds. The van der Waals surface area contributed by atoms with Gasteiger partial charge in [-0.3, -0.25) is 24.2 Å². The maximum Gasteiger partial charge on any atom is 0.224 e. The number of Topliss-reactive ketones (excluding diaryl/α,β-unsaturated/α-hetero) is 1. The lowest BCUT2D eigenvalue weighted by Gasteiger charge is -2.24. The van der Waals surface area contributed by atoms with E-state index in [1.165, 1.54) is 5.56 Å². The van der Waals surface area contributed by atoms with Gasteiger partial charge in [0.15, 0.2) is 5.78 Å². The summed E-state index contributed by atoms with van der Waals surface area (Å²) in [5, 5.41) is 4.52. The van der Waals surface area contributed by atoms with E-state index in [4.69, 9.17) is 0 Å². The van der Waals surface area contributed by atoms with Crippen LogP contribution in [-0.2, 0) is 11.3 Å². The van der Waals surface area contributed by atoms with Gasteiger partial charge in [-0.15, -0.1) is 0 Å². The van der Waals surface area contributed by atoms with Crippen molar-refractivity contribution >= 4 is 11.7 Å². The average molecular weight is 398 g/mol. The number of aromatic nitrogens is 3. The zero-order chi connectivity index (χ0) is 21.0. The van der Waals surface area contributed by atoms with Crippen molar-refractivity contribution in [1.82, 2.24) is 24.6 Å². The molecular formula is C22H31N5O2. The molecule has 7 heteroatoms. The van der Waals surface area contributed by atoms with Crippen LogP contribution in [-0.4, -0.2) is 62.4 Å². The molecule has 1 aliphatic heterocycles. The highest BCUT2D eigenvalue weighted by molar-refractivity contribution is 5.96. The molecule has 0 bridgehead atoms. The molecule has 0 N–H and O–H groups in total. The predicted molar refractivity (Wildman–Crippen MR) is 112 cm³/mol. The summed E-state index contributed by atoms with van der Waals surface area (Å²) >= 11 is 0. The minimum Gasteiger partial charge on any atom is -0.341 e. The van der Waals surface area contributed by atoms with Crippen LogP contribution >= 0.6 is 0 Å². The van der Waals surface area contributed by atoms with E-state index in [0.29, 0.717) is 12.0 Å². The van der Waals surface area contributed by atoms with Gasteiger partial charge in [0.25, 0.3) is 0 Å². The quantitative estimate of drug-likeness (QED) is 0.701. The second-order valence-electron chi connectivity index (χ2n) is 7.97. The molecule has 2 aromatic heterocycles. The van der Waals surface area contributed by atoms with Crippen molar-refractivity contribution < 1.29 is 9.59 Å². The number of hydrogen-bond acceptors (Lipinski definition) is 5. The van der Waals surface area contributed by atoms with E-state index < -0.39 is 0 Å². The SMILES string of the molecule is CC(=O)c1c(C)nn(C(C)CC(=O)N2CCCN(Cc3cccnc3)CC2)c1C. The highest BCUT2D eigenvalue weighted by Gasteiger charge is 2.24. The highest BCUT2D eigenvalue weighted by atomic mass is 16.2. The lowest BCUT2D eigenvalue weighted by molar-refractivity contribution is -0.131. The van der Waals surface area contributed by atoms with Crippen LogP contribution in [0.1, 0.15) is 60.0 Å². The molecule has 7 nitrogen and oxygen atoms in total. The van der Waals surface area contributed by atoms with E-state index in [-0.39, 0.29) is 17.7 Å². The van der Waals surface area contributed by atoms with Crippen molar-refractivity contribution in [2.45, 2.75) is 53.1 Å². The van der Waals surface area contributed by atoms with Crippen LogP contribution in [0.5, 0.6) is 0 Å². The maximum atomic E-state index is 12.9. The van der Waals surface area contributed by atoms with Gasteiger partial charge >= 0.3 is 0 Å². The third-order valence-corrected chi connectivity index (χ3v) is 5.63. The van der Waals surface area contributed by atoms with Crippen molar-refractivity contribution in [3.63, 3.8) is 0 Å². The number of carbonyl (C=O) groups excluding carboxylic acids is 2. The van der Waals surface area contributed by atoms with Gasteiger partial charge in [-0.1, -0.05) is 6.07 Å². The largest absolute Gasteiger partial charge is 0.341 e. The molecule has 1 aliphatic rings. The Bertz CT molecular complexity index is 862. The van der Waals surface area contributed by atoms with Gasteiger partial charge in [0.05, 0.1) is 17.3 Å². The molecule has 1 fully saturated rings. The summed E-state index contributed by atoms with van der Waals surface area (Å²) in [6.45, 7) is 11.5. The fraction of sp³-hybridized carbons (Fsp3) is 0.545. The van der Waals surface area contributed by atoms with E-state index in [2.05, 4.69) is 21.0 Å². The molecule has 0 saturated carbocycles. The van der Waals surface area contributed by atoms with E-state index in [0.717, 1.165) is 50.5 Å². The number of carbonyl (C=O) groups is 2. The van der Waals surface area contributed by atoms with Crippen LogP contribution < -0.4 is 0 Å². The summed E-state index contributed by atoms with van der Waals surface area (Å²) in [5.41, 5.74) is 3.45. The first kappa shape index (κ1) is 21.2. The fourth-order valence-corrected chi connectivity index (χ4v) is 4.20. The molecule has 1 saturated heterocycles. The first-order valence-electron chi connectivity index (χ1n) is 10.3. The van der Waals surface area contributed by atoms with Crippen LogP contribution in [0.25, 0.3) is 0 Å². The second-order valence-corrected chi connectivity index (χ2v) is 7.97. The molecule has 156 valence electrons. The standard InChI is InChI=1S/C22H31N5O2/c1-16(27-18(3)22(19(4)28)17(2)24-27)13-21(29)26-10-6-9-25(11-12-26)15-20-7-5-8-23-14-20/h5,7-8,14,16H,6,9-13,15H2,1-4H3. The summed E-state index contributed by atoms with van der Waals surface area (Å²) in [5.74, 6) is 0.170. The molecule has 0 aliphatic carbocycles. The highest BCUT2D eigenvalue weighted by Crippen LogP contribution is 2.21. The van der Waals surface area contributed by atoms with Crippen LogP contribution in [0.4, 0.5) is 0 Å². The van der Waals surface area contributed by atoms with E-state index in [9.17, 15) is 9.59 Å². The van der Waals surface area contributed by atoms with E-state index >= 15 is 0 Å². The Kier molecular flexibility index (Phi) is 6.79. The van der Waals surface area contributed by atoms with Crippen LogP contribution in [0, 0.1) is 13.8 Å². The summed E-state index contributed by atoms with van der Waals surface area (Å²) in [4.78, 5) is 33.3. The van der Waals surface area contributed by atoms with E-state index in [1.54, 1.807) is 13.1 Å². The van der Waals surface area contributed by atoms with Gasteiger partial charge in [-0.25, -0.2) is 0 Å². The Morgan fingerprint density at radius 3 is 2.62 bits per heavy atom. The van der Waals surface area contributed by atoms with Crippen molar-refractivity contribution in [3.8, 4) is 0 Å². The minimum absolute atomic E-state index is 0.0194. The number of ketones is 1. The Morgan fingerprint density at radius 1 is 1.17 bits per heavy atom. The average Bonchev–Trinajstić information content (AvgIpc) is 2.84. The Labute approximate surface area is 172 Å². The smallest absolute Gasteiger partial charge is 0.224 e. The summed E-state index contributed by atoms with van der Waals surface area (Å²) in [6, 6.07) is 3.97. The third-order valence-electron chi connectivity index (χ3n) is 5.63. The Morgan fingerprint density at radius 2 is 1.97 bits per heavy atom. The Balaban J connectivity index is 1.58. The third kappa shape index (κ3) is 5.09. The minimum atomic E-state index is -0.0796. The second kappa shape index (κ2) is 9.31. The fourth-order valence-electron chi connectivity index (χ4n) is 4.20. The van der Waals surface area contributed by atoms with Gasteiger partial charge in [0, 0.05) is 57.2 Å². The van der Waals surface area contributed by atoms with Crippen molar-refractivity contribution in [2.24, 2.45) is 0 Å². The van der Waals surface area contributed by atoms with Gasteiger partial charge in [-0.05, 0) is 45.7 Å². The van der Waals surface area contributed by atoms with Gasteiger partial charge < -0.3 is 4.90 Å². The molecule has 1 unspecified atom stereocenters. The molecule has 0 radical (unpaired) electrons. The summed E-state index contributed by atoms with van der Waals surface area (Å²) in [6.07, 6.45) is 5.05. The summed E-state index contributed by atoms with van der Waals surface area (Å²) in [7, 11) is 0. The van der Waals surface area contributed by atoms with Crippen molar-refractivity contribution in [3.05, 3.63) is 47.0 Å². The maximum absolute atomic E-state index is 12.9. The molecular weight excluding hydrogens is 366 g/mol. The zero-order valence-electron chi connectivity index (χ0n) is 17.9. The number of nitrogens with zero attached hydrogens (tertiary/aromatic N) is 5. The summed E-state index contributed by atoms with van der Waals surface area (Å²) < 4.78 is 1.83. The van der Waals surface area contributed by atoms with Crippen LogP contribution in [0.3, 0.4) is 0 Å². The number of pyridine rings is 1. The van der Waals surface area contributed by atoms with Crippen LogP contribution in [0.2, 0.25) is 0 Å². The van der Waals surface area contributed by atoms with Gasteiger partial charge in [-0.2, -0.15) is 5.10 Å². The number of hydrogen-bond donors (Lipinski definition) is 0. The van der Waals surface area contributed by atoms with Crippen molar-refractivity contribution in [2.75, 3.05) is 26.2 Å². The predicted octanol–water partition coefficient (Wildman–Crippen LogP) is 2.78. The van der Waals surface area contributed by atoms with E-state index in [1.807, 2.05) is 42.6 Å². The number of aryl methyl sites for hydroxylation is 1. The zero-order valence-corrected chi connectivity index (χ0v) is 17.9. The molecule has 1 atom stereocenters. The molecule has 3 heterocycles. The Hall–Kier alpha value is -2.54. The van der Waals surface area contributed by atoms with Crippen molar-refractivity contribution in [1.29, 1.82) is 0 Å². The number of amides is 1. The molecule has 0 spiro atoms. The molecule has 3 rings (SSSR count). The first-order chi connectivity index (χ1) is 13.9. The van der Waals surface area contributed by atoms with Gasteiger partial charge in [0.1, 0.15) is 0 Å². The molecule has 0 aromatic carbocycles. The first-order valence-corrected chi connectivity index (χ1v) is 10.3. The lowest BCUT2D eigenvalue weighted by Crippen LogP contribution is -2.36. The monoisotopic (exact) mass is 397 g/mol. The number of rotatable bonds is 6. The van der Waals surface area contributed by atoms with Gasteiger partial charge in [0.2, 0.25) is 5.91 Å². The lowest BCUT2D eigenvalue weighted by atomic mass is 10.1.